The zero-order chi connectivity index (χ0) is 14.5. The molecule has 1 fully saturated rings. The van der Waals surface area contributed by atoms with Crippen molar-refractivity contribution >= 4 is 17.4 Å². The van der Waals surface area contributed by atoms with Crippen molar-refractivity contribution in [2.75, 3.05) is 38.7 Å². The van der Waals surface area contributed by atoms with Crippen molar-refractivity contribution in [3.05, 3.63) is 17.0 Å². The maximum atomic E-state index is 6.07. The molecule has 1 saturated heterocycles. The molecule has 0 N–H and O–H groups in total. The Morgan fingerprint density at radius 3 is 2.70 bits per heavy atom. The molecule has 2 heterocycles. The Hall–Kier alpha value is -0.910. The number of likely N-dealkylation sites (tertiary alicyclic amines) is 1. The van der Waals surface area contributed by atoms with Gasteiger partial charge in [-0.15, -0.1) is 0 Å². The highest BCUT2D eigenvalue weighted by atomic mass is 35.5. The number of aromatic nitrogens is 2. The summed E-state index contributed by atoms with van der Waals surface area (Å²) in [5, 5.41) is 0.472. The molecule has 6 heteroatoms. The number of hydrogen-bond donors (Lipinski definition) is 0. The Labute approximate surface area is 125 Å². The van der Waals surface area contributed by atoms with E-state index in [9.17, 15) is 0 Å². The van der Waals surface area contributed by atoms with E-state index < -0.39 is 0 Å². The number of piperidine rings is 1. The number of ether oxygens (including phenoxy) is 1. The van der Waals surface area contributed by atoms with Crippen LogP contribution < -0.4 is 4.90 Å². The number of anilines is 1. The number of methoxy groups -OCH3 is 1. The first kappa shape index (κ1) is 15.5. The molecule has 0 saturated carbocycles. The van der Waals surface area contributed by atoms with Gasteiger partial charge >= 0.3 is 0 Å². The highest BCUT2D eigenvalue weighted by Crippen LogP contribution is 2.22. The molecule has 0 aromatic carbocycles. The second kappa shape index (κ2) is 7.20. The van der Waals surface area contributed by atoms with Gasteiger partial charge in [-0.25, -0.2) is 9.97 Å². The predicted octanol–water partition coefficient (Wildman–Crippen LogP) is 2.20. The van der Waals surface area contributed by atoms with Crippen LogP contribution in [0.15, 0.2) is 6.07 Å². The van der Waals surface area contributed by atoms with E-state index in [0.29, 0.717) is 23.6 Å². The van der Waals surface area contributed by atoms with Gasteiger partial charge in [-0.1, -0.05) is 18.5 Å². The molecule has 5 nitrogen and oxygen atoms in total. The van der Waals surface area contributed by atoms with Gasteiger partial charge in [0, 0.05) is 39.4 Å². The van der Waals surface area contributed by atoms with Crippen LogP contribution in [0, 0.1) is 0 Å². The van der Waals surface area contributed by atoms with Crippen LogP contribution in [0.25, 0.3) is 0 Å². The molecule has 1 aliphatic heterocycles. The molecule has 1 aromatic heterocycles. The molecule has 0 atom stereocenters. The van der Waals surface area contributed by atoms with Crippen LogP contribution in [0.3, 0.4) is 0 Å². The SMILES string of the molecule is CCN1CCC(N(C)c2cc(Cl)nc(COC)n2)CC1. The highest BCUT2D eigenvalue weighted by molar-refractivity contribution is 6.29. The molecule has 0 aliphatic carbocycles. The normalized spacial score (nSPS) is 17.4. The number of rotatable bonds is 5. The van der Waals surface area contributed by atoms with Crippen molar-refractivity contribution in [1.82, 2.24) is 14.9 Å². The third kappa shape index (κ3) is 3.81. The summed E-state index contributed by atoms with van der Waals surface area (Å²) in [5.74, 6) is 1.51. The predicted molar refractivity (Wildman–Crippen MR) is 81.3 cm³/mol. The Morgan fingerprint density at radius 1 is 1.40 bits per heavy atom. The molecule has 1 aliphatic rings. The fourth-order valence-corrected chi connectivity index (χ4v) is 2.83. The van der Waals surface area contributed by atoms with Gasteiger partial charge in [-0.3, -0.25) is 0 Å². The number of hydrogen-bond acceptors (Lipinski definition) is 5. The Bertz CT molecular complexity index is 435. The quantitative estimate of drug-likeness (QED) is 0.780. The lowest BCUT2D eigenvalue weighted by atomic mass is 10.0. The van der Waals surface area contributed by atoms with Gasteiger partial charge in [-0.05, 0) is 19.4 Å². The molecule has 0 amide bonds. The second-order valence-electron chi connectivity index (χ2n) is 5.17. The number of halogens is 1. The molecular weight excluding hydrogens is 276 g/mol. The monoisotopic (exact) mass is 298 g/mol. The first-order valence-corrected chi connectivity index (χ1v) is 7.49. The zero-order valence-corrected chi connectivity index (χ0v) is 13.2. The minimum absolute atomic E-state index is 0.385. The lowest BCUT2D eigenvalue weighted by molar-refractivity contribution is 0.177. The minimum atomic E-state index is 0.385. The molecule has 2 rings (SSSR count). The van der Waals surface area contributed by atoms with Gasteiger partial charge in [0.2, 0.25) is 0 Å². The third-order valence-electron chi connectivity index (χ3n) is 3.91. The average molecular weight is 299 g/mol. The van der Waals surface area contributed by atoms with Crippen LogP contribution in [0.2, 0.25) is 5.15 Å². The summed E-state index contributed by atoms with van der Waals surface area (Å²) >= 11 is 6.07. The maximum absolute atomic E-state index is 6.07. The lowest BCUT2D eigenvalue weighted by Crippen LogP contribution is -2.43. The van der Waals surface area contributed by atoms with E-state index in [2.05, 4.69) is 33.7 Å². The van der Waals surface area contributed by atoms with Crippen molar-refractivity contribution < 1.29 is 4.74 Å². The van der Waals surface area contributed by atoms with Crippen LogP contribution in [0.5, 0.6) is 0 Å². The van der Waals surface area contributed by atoms with E-state index in [-0.39, 0.29) is 0 Å². The van der Waals surface area contributed by atoms with E-state index in [1.807, 2.05) is 6.07 Å². The Morgan fingerprint density at radius 2 is 2.10 bits per heavy atom. The van der Waals surface area contributed by atoms with Crippen LogP contribution in [0.4, 0.5) is 5.82 Å². The van der Waals surface area contributed by atoms with Gasteiger partial charge < -0.3 is 14.5 Å². The largest absolute Gasteiger partial charge is 0.377 e. The molecule has 0 spiro atoms. The average Bonchev–Trinajstić information content (AvgIpc) is 2.46. The van der Waals surface area contributed by atoms with E-state index >= 15 is 0 Å². The van der Waals surface area contributed by atoms with Gasteiger partial charge in [0.1, 0.15) is 17.6 Å². The van der Waals surface area contributed by atoms with Crippen molar-refractivity contribution in [3.63, 3.8) is 0 Å². The maximum Gasteiger partial charge on any atom is 0.158 e. The van der Waals surface area contributed by atoms with E-state index in [1.54, 1.807) is 7.11 Å². The van der Waals surface area contributed by atoms with Crippen LogP contribution in [0.1, 0.15) is 25.6 Å². The minimum Gasteiger partial charge on any atom is -0.377 e. The lowest BCUT2D eigenvalue weighted by Gasteiger charge is -2.36. The fourth-order valence-electron chi connectivity index (χ4n) is 2.64. The van der Waals surface area contributed by atoms with Gasteiger partial charge in [-0.2, -0.15) is 0 Å². The summed E-state index contributed by atoms with van der Waals surface area (Å²) < 4.78 is 5.08. The molecule has 112 valence electrons. The van der Waals surface area contributed by atoms with Crippen molar-refractivity contribution in [1.29, 1.82) is 0 Å². The van der Waals surface area contributed by atoms with Gasteiger partial charge in [0.05, 0.1) is 0 Å². The van der Waals surface area contributed by atoms with E-state index in [1.165, 1.54) is 0 Å². The zero-order valence-electron chi connectivity index (χ0n) is 12.5. The standard InChI is InChI=1S/C14H23ClN4O/c1-4-19-7-5-11(6-8-19)18(2)14-9-12(15)16-13(17-14)10-20-3/h9,11H,4-8,10H2,1-3H3. The molecule has 20 heavy (non-hydrogen) atoms. The Balaban J connectivity index is 2.07. The first-order valence-electron chi connectivity index (χ1n) is 7.11. The fraction of sp³-hybridized carbons (Fsp3) is 0.714. The second-order valence-corrected chi connectivity index (χ2v) is 5.56. The van der Waals surface area contributed by atoms with Crippen LogP contribution in [-0.2, 0) is 11.3 Å². The van der Waals surface area contributed by atoms with E-state index in [0.717, 1.165) is 38.3 Å². The third-order valence-corrected chi connectivity index (χ3v) is 4.11. The topological polar surface area (TPSA) is 41.5 Å². The van der Waals surface area contributed by atoms with Crippen LogP contribution >= 0.6 is 11.6 Å². The molecule has 0 unspecified atom stereocenters. The summed E-state index contributed by atoms with van der Waals surface area (Å²) in [7, 11) is 3.72. The smallest absolute Gasteiger partial charge is 0.158 e. The molecule has 1 aromatic rings. The van der Waals surface area contributed by atoms with Crippen molar-refractivity contribution in [3.8, 4) is 0 Å². The molecule has 0 radical (unpaired) electrons. The summed E-state index contributed by atoms with van der Waals surface area (Å²) in [6, 6.07) is 2.34. The van der Waals surface area contributed by atoms with E-state index in [4.69, 9.17) is 16.3 Å². The van der Waals surface area contributed by atoms with Gasteiger partial charge in [0.25, 0.3) is 0 Å². The first-order chi connectivity index (χ1) is 9.63. The van der Waals surface area contributed by atoms with Crippen LogP contribution in [-0.4, -0.2) is 54.7 Å². The molecule has 0 bridgehead atoms. The number of nitrogens with zero attached hydrogens (tertiary/aromatic N) is 4. The Kier molecular flexibility index (Phi) is 5.57. The summed E-state index contributed by atoms with van der Waals surface area (Å²) in [6.07, 6.45) is 2.32. The summed E-state index contributed by atoms with van der Waals surface area (Å²) in [5.41, 5.74) is 0. The van der Waals surface area contributed by atoms with Gasteiger partial charge in [0.15, 0.2) is 5.82 Å². The molecular formula is C14H23ClN4O. The summed E-state index contributed by atoms with van der Waals surface area (Å²) in [6.45, 7) is 6.03. The van der Waals surface area contributed by atoms with Crippen molar-refractivity contribution in [2.24, 2.45) is 0 Å². The van der Waals surface area contributed by atoms with Crippen molar-refractivity contribution in [2.45, 2.75) is 32.4 Å². The highest BCUT2D eigenvalue weighted by Gasteiger charge is 2.23. The summed E-state index contributed by atoms with van der Waals surface area (Å²) in [4.78, 5) is 13.4.